The van der Waals surface area contributed by atoms with Crippen LogP contribution in [0.5, 0.6) is 0 Å². The Bertz CT molecular complexity index is 537. The maximum atomic E-state index is 2.34. The highest BCUT2D eigenvalue weighted by Crippen LogP contribution is 2.39. The highest BCUT2D eigenvalue weighted by molar-refractivity contribution is 5.74. The van der Waals surface area contributed by atoms with E-state index in [9.17, 15) is 0 Å². The fourth-order valence-electron chi connectivity index (χ4n) is 2.77. The summed E-state index contributed by atoms with van der Waals surface area (Å²) in [7, 11) is 0. The molecule has 1 atom stereocenters. The summed E-state index contributed by atoms with van der Waals surface area (Å²) >= 11 is 0. The van der Waals surface area contributed by atoms with Gasteiger partial charge in [0.15, 0.2) is 0 Å². The lowest BCUT2D eigenvalue weighted by Crippen LogP contribution is -2.08. The van der Waals surface area contributed by atoms with Gasteiger partial charge in [0.1, 0.15) is 0 Å². The molecule has 2 aromatic rings. The highest BCUT2D eigenvalue weighted by Gasteiger charge is 2.20. The van der Waals surface area contributed by atoms with Crippen molar-refractivity contribution >= 4 is 0 Å². The van der Waals surface area contributed by atoms with Gasteiger partial charge >= 0.3 is 0 Å². The van der Waals surface area contributed by atoms with Gasteiger partial charge in [-0.1, -0.05) is 55.0 Å². The summed E-state index contributed by atoms with van der Waals surface area (Å²) in [5.41, 5.74) is 7.23. The Kier molecular flexibility index (Phi) is 2.10. The number of hydrogen-bond donors (Lipinski definition) is 0. The monoisotopic (exact) mass is 208 g/mol. The third-order valence-electron chi connectivity index (χ3n) is 3.57. The average molecular weight is 208 g/mol. The predicted molar refractivity (Wildman–Crippen MR) is 68.7 cm³/mol. The predicted octanol–water partition coefficient (Wildman–Crippen LogP) is 4.32. The molecule has 0 saturated carbocycles. The van der Waals surface area contributed by atoms with Crippen LogP contribution in [0.25, 0.3) is 11.1 Å². The first-order valence-corrected chi connectivity index (χ1v) is 5.94. The molecule has 1 aliphatic carbocycles. The molecule has 3 rings (SSSR count). The standard InChI is InChI=1S/C16H16/c1-11-7-8-15-13(9-11)10-12(2)14-5-3-4-6-16(14)15/h3-9,12H,10H2,1-2H3. The Hall–Kier alpha value is -1.56. The molecule has 0 amide bonds. The second kappa shape index (κ2) is 3.48. The van der Waals surface area contributed by atoms with Crippen LogP contribution < -0.4 is 0 Å². The van der Waals surface area contributed by atoms with Crippen molar-refractivity contribution in [1.82, 2.24) is 0 Å². The third-order valence-corrected chi connectivity index (χ3v) is 3.57. The number of benzene rings is 2. The molecule has 1 aliphatic rings. The van der Waals surface area contributed by atoms with Crippen LogP contribution in [0.3, 0.4) is 0 Å². The van der Waals surface area contributed by atoms with Crippen LogP contribution in [-0.2, 0) is 6.42 Å². The second-order valence-electron chi connectivity index (χ2n) is 4.85. The first-order chi connectivity index (χ1) is 7.75. The zero-order valence-corrected chi connectivity index (χ0v) is 9.83. The van der Waals surface area contributed by atoms with Crippen LogP contribution in [0, 0.1) is 6.92 Å². The molecule has 1 unspecified atom stereocenters. The maximum absolute atomic E-state index is 2.34. The van der Waals surface area contributed by atoms with E-state index in [-0.39, 0.29) is 0 Å². The van der Waals surface area contributed by atoms with Crippen LogP contribution in [0.2, 0.25) is 0 Å². The minimum Gasteiger partial charge on any atom is -0.0619 e. The summed E-state index contributed by atoms with van der Waals surface area (Å²) in [6.45, 7) is 4.50. The normalized spacial score (nSPS) is 17.8. The molecule has 0 heterocycles. The quantitative estimate of drug-likeness (QED) is 0.604. The summed E-state index contributed by atoms with van der Waals surface area (Å²) in [4.78, 5) is 0. The molecule has 0 fully saturated rings. The van der Waals surface area contributed by atoms with Crippen molar-refractivity contribution in [2.75, 3.05) is 0 Å². The molecule has 0 heteroatoms. The van der Waals surface area contributed by atoms with E-state index in [0.29, 0.717) is 5.92 Å². The Morgan fingerprint density at radius 2 is 1.81 bits per heavy atom. The highest BCUT2D eigenvalue weighted by atomic mass is 14.2. The van der Waals surface area contributed by atoms with Crippen LogP contribution in [-0.4, -0.2) is 0 Å². The van der Waals surface area contributed by atoms with E-state index in [1.54, 1.807) is 0 Å². The topological polar surface area (TPSA) is 0 Å². The molecule has 0 aromatic heterocycles. The minimum absolute atomic E-state index is 0.644. The number of aryl methyl sites for hydroxylation is 1. The van der Waals surface area contributed by atoms with Crippen molar-refractivity contribution in [3.63, 3.8) is 0 Å². The first kappa shape index (κ1) is 9.65. The van der Waals surface area contributed by atoms with E-state index >= 15 is 0 Å². The molecular weight excluding hydrogens is 192 g/mol. The Morgan fingerprint density at radius 3 is 2.69 bits per heavy atom. The molecule has 0 spiro atoms. The molecule has 0 radical (unpaired) electrons. The molecule has 0 nitrogen and oxygen atoms in total. The molecule has 80 valence electrons. The SMILES string of the molecule is Cc1ccc2c(c1)CC(C)c1ccccc1-2. The van der Waals surface area contributed by atoms with Crippen molar-refractivity contribution in [3.05, 3.63) is 59.2 Å². The van der Waals surface area contributed by atoms with E-state index in [0.717, 1.165) is 0 Å². The van der Waals surface area contributed by atoms with Gasteiger partial charge in [-0.2, -0.15) is 0 Å². The minimum atomic E-state index is 0.644. The van der Waals surface area contributed by atoms with Crippen molar-refractivity contribution in [3.8, 4) is 11.1 Å². The lowest BCUT2D eigenvalue weighted by Gasteiger charge is -2.25. The van der Waals surface area contributed by atoms with Crippen LogP contribution in [0.4, 0.5) is 0 Å². The summed E-state index contributed by atoms with van der Waals surface area (Å²) in [6.07, 6.45) is 1.17. The van der Waals surface area contributed by atoms with Crippen LogP contribution in [0.15, 0.2) is 42.5 Å². The van der Waals surface area contributed by atoms with Crippen molar-refractivity contribution < 1.29 is 0 Å². The maximum Gasteiger partial charge on any atom is -0.0144 e. The summed E-state index contributed by atoms with van der Waals surface area (Å²) in [5.74, 6) is 0.644. The Balaban J connectivity index is 2.27. The van der Waals surface area contributed by atoms with E-state index < -0.39 is 0 Å². The van der Waals surface area contributed by atoms with Gasteiger partial charge in [0.25, 0.3) is 0 Å². The molecule has 0 aliphatic heterocycles. The number of fused-ring (bicyclic) bond motifs is 3. The average Bonchev–Trinajstić information content (AvgIpc) is 2.29. The zero-order chi connectivity index (χ0) is 11.1. The molecule has 0 bridgehead atoms. The largest absolute Gasteiger partial charge is 0.0619 e. The number of rotatable bonds is 0. The lowest BCUT2D eigenvalue weighted by atomic mass is 9.79. The molecule has 0 saturated heterocycles. The van der Waals surface area contributed by atoms with Crippen LogP contribution >= 0.6 is 0 Å². The van der Waals surface area contributed by atoms with Gasteiger partial charge in [-0.15, -0.1) is 0 Å². The number of hydrogen-bond acceptors (Lipinski definition) is 0. The van der Waals surface area contributed by atoms with Crippen molar-refractivity contribution in [2.24, 2.45) is 0 Å². The Morgan fingerprint density at radius 1 is 1.00 bits per heavy atom. The van der Waals surface area contributed by atoms with E-state index in [4.69, 9.17) is 0 Å². The van der Waals surface area contributed by atoms with E-state index in [2.05, 4.69) is 56.3 Å². The zero-order valence-electron chi connectivity index (χ0n) is 9.83. The Labute approximate surface area is 96.9 Å². The van der Waals surface area contributed by atoms with Crippen LogP contribution in [0.1, 0.15) is 29.5 Å². The van der Waals surface area contributed by atoms with Gasteiger partial charge < -0.3 is 0 Å². The van der Waals surface area contributed by atoms with Gasteiger partial charge in [0, 0.05) is 0 Å². The van der Waals surface area contributed by atoms with E-state index in [1.807, 2.05) is 0 Å². The first-order valence-electron chi connectivity index (χ1n) is 5.94. The van der Waals surface area contributed by atoms with Crippen molar-refractivity contribution in [2.45, 2.75) is 26.2 Å². The van der Waals surface area contributed by atoms with Gasteiger partial charge in [-0.25, -0.2) is 0 Å². The van der Waals surface area contributed by atoms with Gasteiger partial charge in [-0.3, -0.25) is 0 Å². The third kappa shape index (κ3) is 1.37. The summed E-state index contributed by atoms with van der Waals surface area (Å²) in [5, 5.41) is 0. The van der Waals surface area contributed by atoms with Gasteiger partial charge in [-0.05, 0) is 41.5 Å². The van der Waals surface area contributed by atoms with Gasteiger partial charge in [0.05, 0.1) is 0 Å². The van der Waals surface area contributed by atoms with E-state index in [1.165, 1.54) is 34.2 Å². The van der Waals surface area contributed by atoms with Gasteiger partial charge in [0.2, 0.25) is 0 Å². The lowest BCUT2D eigenvalue weighted by molar-refractivity contribution is 0.748. The second-order valence-corrected chi connectivity index (χ2v) is 4.85. The fraction of sp³-hybridized carbons (Fsp3) is 0.250. The molecule has 0 N–H and O–H groups in total. The summed E-state index contributed by atoms with van der Waals surface area (Å²) < 4.78 is 0. The molecular formula is C16H16. The smallest absolute Gasteiger partial charge is 0.0144 e. The molecule has 2 aromatic carbocycles. The fourth-order valence-corrected chi connectivity index (χ4v) is 2.77. The summed E-state index contributed by atoms with van der Waals surface area (Å²) in [6, 6.07) is 15.6. The van der Waals surface area contributed by atoms with Crippen molar-refractivity contribution in [1.29, 1.82) is 0 Å². The molecule has 16 heavy (non-hydrogen) atoms.